The van der Waals surface area contributed by atoms with E-state index in [0.717, 1.165) is 0 Å². The molecule has 0 unspecified atom stereocenters. The summed E-state index contributed by atoms with van der Waals surface area (Å²) in [5, 5.41) is 10.1. The number of carbonyl (C=O) groups excluding carboxylic acids is 2. The molecule has 1 rings (SSSR count). The molecule has 0 amide bonds. The van der Waals surface area contributed by atoms with Crippen LogP contribution in [0.4, 0.5) is 0 Å². The van der Waals surface area contributed by atoms with Crippen LogP contribution >= 0.6 is 0 Å². The van der Waals surface area contributed by atoms with Gasteiger partial charge in [0.25, 0.3) is 0 Å². The van der Waals surface area contributed by atoms with E-state index in [2.05, 4.69) is 4.98 Å². The van der Waals surface area contributed by atoms with Crippen LogP contribution in [0.2, 0.25) is 0 Å². The lowest BCUT2D eigenvalue weighted by Gasteiger charge is -2.05. The zero-order valence-electron chi connectivity index (χ0n) is 8.01. The molecular weight excluding hydrogens is 198 g/mol. The van der Waals surface area contributed by atoms with Crippen LogP contribution < -0.4 is 9.84 Å². The Morgan fingerprint density at radius 1 is 1.33 bits per heavy atom. The Balaban J connectivity index is 2.18. The summed E-state index contributed by atoms with van der Waals surface area (Å²) < 4.78 is 5.23. The largest absolute Gasteiger partial charge is 0.542 e. The number of rotatable bonds is 6. The summed E-state index contributed by atoms with van der Waals surface area (Å²) in [7, 11) is 0. The van der Waals surface area contributed by atoms with Crippen LogP contribution in [0.5, 0.6) is 5.75 Å². The molecular formula is C10H10NO4-. The fourth-order valence-electron chi connectivity index (χ4n) is 0.959. The molecule has 0 bridgehead atoms. The van der Waals surface area contributed by atoms with Gasteiger partial charge in [-0.15, -0.1) is 0 Å². The molecule has 0 aliphatic carbocycles. The summed E-state index contributed by atoms with van der Waals surface area (Å²) in [4.78, 5) is 24.5. The van der Waals surface area contributed by atoms with Crippen molar-refractivity contribution >= 4 is 11.8 Å². The molecule has 0 aliphatic rings. The number of ether oxygens (including phenoxy) is 1. The van der Waals surface area contributed by atoms with E-state index >= 15 is 0 Å². The van der Waals surface area contributed by atoms with E-state index in [1.165, 1.54) is 0 Å². The van der Waals surface area contributed by atoms with Crippen LogP contribution in [0.3, 0.4) is 0 Å². The molecule has 1 aromatic heterocycles. The molecule has 5 nitrogen and oxygen atoms in total. The van der Waals surface area contributed by atoms with E-state index < -0.39 is 11.8 Å². The Kier molecular flexibility index (Phi) is 4.28. The minimum absolute atomic E-state index is 0.0621. The number of ketones is 1. The number of carbonyl (C=O) groups is 2. The molecule has 0 saturated carbocycles. The van der Waals surface area contributed by atoms with Gasteiger partial charge in [0.2, 0.25) is 0 Å². The molecule has 0 atom stereocenters. The van der Waals surface area contributed by atoms with Crippen molar-refractivity contribution in [2.75, 3.05) is 6.61 Å². The number of aromatic nitrogens is 1. The van der Waals surface area contributed by atoms with Gasteiger partial charge in [-0.1, -0.05) is 0 Å². The Labute approximate surface area is 86.7 Å². The van der Waals surface area contributed by atoms with Crippen molar-refractivity contribution in [2.45, 2.75) is 12.8 Å². The maximum Gasteiger partial charge on any atom is 0.178 e. The Morgan fingerprint density at radius 2 is 2.00 bits per heavy atom. The normalized spacial score (nSPS) is 9.60. The number of Topliss-reactive ketones (excluding diaryl/α,β-unsaturated/α-hetero) is 1. The monoisotopic (exact) mass is 208 g/mol. The van der Waals surface area contributed by atoms with Gasteiger partial charge in [0, 0.05) is 18.8 Å². The maximum atomic E-state index is 10.6. The Hall–Kier alpha value is -1.91. The molecule has 0 saturated heterocycles. The zero-order chi connectivity index (χ0) is 11.1. The first-order chi connectivity index (χ1) is 7.20. The highest BCUT2D eigenvalue weighted by Crippen LogP contribution is 2.07. The van der Waals surface area contributed by atoms with Crippen LogP contribution in [-0.4, -0.2) is 23.3 Å². The summed E-state index contributed by atoms with van der Waals surface area (Å²) in [5.41, 5.74) is 0. The SMILES string of the molecule is O=C([O-])C(=O)CCCOc1ccncc1. The quantitative estimate of drug-likeness (QED) is 0.467. The molecule has 0 aromatic carbocycles. The maximum absolute atomic E-state index is 10.6. The number of carboxylic acids is 1. The van der Waals surface area contributed by atoms with E-state index in [-0.39, 0.29) is 6.42 Å². The lowest BCUT2D eigenvalue weighted by atomic mass is 10.2. The summed E-state index contributed by atoms with van der Waals surface area (Å²) in [6.07, 6.45) is 3.46. The first-order valence-corrected chi connectivity index (χ1v) is 4.47. The van der Waals surface area contributed by atoms with Crippen molar-refractivity contribution in [3.63, 3.8) is 0 Å². The second kappa shape index (κ2) is 5.74. The molecule has 5 heteroatoms. The molecule has 0 aliphatic heterocycles. The smallest absolute Gasteiger partial charge is 0.178 e. The van der Waals surface area contributed by atoms with Gasteiger partial charge >= 0.3 is 0 Å². The van der Waals surface area contributed by atoms with Crippen molar-refractivity contribution in [1.29, 1.82) is 0 Å². The highest BCUT2D eigenvalue weighted by Gasteiger charge is 2.01. The van der Waals surface area contributed by atoms with Gasteiger partial charge in [0.15, 0.2) is 5.78 Å². The molecule has 1 heterocycles. The summed E-state index contributed by atoms with van der Waals surface area (Å²) in [5.74, 6) is -1.89. The minimum Gasteiger partial charge on any atom is -0.542 e. The van der Waals surface area contributed by atoms with Gasteiger partial charge < -0.3 is 14.6 Å². The molecule has 15 heavy (non-hydrogen) atoms. The van der Waals surface area contributed by atoms with Crippen molar-refractivity contribution in [2.24, 2.45) is 0 Å². The third kappa shape index (κ3) is 4.21. The lowest BCUT2D eigenvalue weighted by Crippen LogP contribution is -2.31. The number of carboxylic acid groups (broad SMARTS) is 1. The molecule has 0 fully saturated rings. The first kappa shape index (κ1) is 11.2. The van der Waals surface area contributed by atoms with Gasteiger partial charge in [-0.05, 0) is 18.6 Å². The highest BCUT2D eigenvalue weighted by molar-refractivity contribution is 6.31. The third-order valence-electron chi connectivity index (χ3n) is 1.69. The van der Waals surface area contributed by atoms with Crippen molar-refractivity contribution in [1.82, 2.24) is 4.98 Å². The van der Waals surface area contributed by atoms with Crippen LogP contribution in [0, 0.1) is 0 Å². The van der Waals surface area contributed by atoms with Crippen LogP contribution in [0.25, 0.3) is 0 Å². The van der Waals surface area contributed by atoms with Gasteiger partial charge in [-0.25, -0.2) is 0 Å². The molecule has 0 radical (unpaired) electrons. The standard InChI is InChI=1S/C10H11NO4/c12-9(10(13)14)2-1-7-15-8-3-5-11-6-4-8/h3-6H,1-2,7H2,(H,13,14)/p-1. The van der Waals surface area contributed by atoms with Gasteiger partial charge in [0.1, 0.15) is 11.7 Å². The Bertz CT molecular complexity index is 337. The topological polar surface area (TPSA) is 79.3 Å². The second-order valence-corrected chi connectivity index (χ2v) is 2.85. The average Bonchev–Trinajstić information content (AvgIpc) is 2.25. The molecule has 0 N–H and O–H groups in total. The van der Waals surface area contributed by atoms with Gasteiger partial charge in [-0.3, -0.25) is 9.78 Å². The summed E-state index contributed by atoms with van der Waals surface area (Å²) in [6.45, 7) is 0.295. The molecule has 0 spiro atoms. The number of aliphatic carboxylic acids is 1. The average molecular weight is 208 g/mol. The van der Waals surface area contributed by atoms with E-state index in [4.69, 9.17) is 4.74 Å². The van der Waals surface area contributed by atoms with Crippen molar-refractivity contribution in [3.05, 3.63) is 24.5 Å². The van der Waals surface area contributed by atoms with Crippen LogP contribution in [-0.2, 0) is 9.59 Å². The van der Waals surface area contributed by atoms with Crippen LogP contribution in [0.1, 0.15) is 12.8 Å². The van der Waals surface area contributed by atoms with E-state index in [1.54, 1.807) is 24.5 Å². The van der Waals surface area contributed by atoms with E-state index in [9.17, 15) is 14.7 Å². The van der Waals surface area contributed by atoms with E-state index in [1.807, 2.05) is 0 Å². The van der Waals surface area contributed by atoms with E-state index in [0.29, 0.717) is 18.8 Å². The Morgan fingerprint density at radius 3 is 2.60 bits per heavy atom. The predicted octanol–water partition coefficient (Wildman–Crippen LogP) is -0.440. The van der Waals surface area contributed by atoms with Crippen LogP contribution in [0.15, 0.2) is 24.5 Å². The number of pyridine rings is 1. The molecule has 1 aromatic rings. The predicted molar refractivity (Wildman–Crippen MR) is 49.0 cm³/mol. The summed E-state index contributed by atoms with van der Waals surface area (Å²) >= 11 is 0. The fraction of sp³-hybridized carbons (Fsp3) is 0.300. The zero-order valence-corrected chi connectivity index (χ0v) is 8.01. The molecule has 80 valence electrons. The fourth-order valence-corrected chi connectivity index (χ4v) is 0.959. The van der Waals surface area contributed by atoms with Gasteiger partial charge in [-0.2, -0.15) is 0 Å². The number of hydrogen-bond donors (Lipinski definition) is 0. The van der Waals surface area contributed by atoms with Crippen molar-refractivity contribution < 1.29 is 19.4 Å². The number of nitrogens with zero attached hydrogens (tertiary/aromatic N) is 1. The third-order valence-corrected chi connectivity index (χ3v) is 1.69. The minimum atomic E-state index is -1.64. The lowest BCUT2D eigenvalue weighted by molar-refractivity contribution is -0.300. The summed E-state index contributed by atoms with van der Waals surface area (Å²) in [6, 6.07) is 3.36. The number of hydrogen-bond acceptors (Lipinski definition) is 5. The first-order valence-electron chi connectivity index (χ1n) is 4.47. The van der Waals surface area contributed by atoms with Gasteiger partial charge in [0.05, 0.1) is 6.61 Å². The van der Waals surface area contributed by atoms with Crippen molar-refractivity contribution in [3.8, 4) is 5.75 Å². The highest BCUT2D eigenvalue weighted by atomic mass is 16.5. The second-order valence-electron chi connectivity index (χ2n) is 2.85.